The van der Waals surface area contributed by atoms with Crippen molar-refractivity contribution in [3.05, 3.63) is 57.2 Å². The summed E-state index contributed by atoms with van der Waals surface area (Å²) in [5.41, 5.74) is 0.928. The first-order valence-corrected chi connectivity index (χ1v) is 9.37. The van der Waals surface area contributed by atoms with Gasteiger partial charge in [0, 0.05) is 31.7 Å². The van der Waals surface area contributed by atoms with E-state index in [4.69, 9.17) is 11.6 Å². The van der Waals surface area contributed by atoms with Crippen molar-refractivity contribution in [3.63, 3.8) is 0 Å². The fourth-order valence-corrected chi connectivity index (χ4v) is 3.96. The summed E-state index contributed by atoms with van der Waals surface area (Å²) < 4.78 is 0. The van der Waals surface area contributed by atoms with Crippen LogP contribution < -0.4 is 5.32 Å². The van der Waals surface area contributed by atoms with Gasteiger partial charge in [-0.1, -0.05) is 35.9 Å². The van der Waals surface area contributed by atoms with Gasteiger partial charge in [-0.2, -0.15) is 0 Å². The van der Waals surface area contributed by atoms with Crippen LogP contribution in [0.1, 0.15) is 21.3 Å². The van der Waals surface area contributed by atoms with Crippen molar-refractivity contribution < 1.29 is 9.59 Å². The van der Waals surface area contributed by atoms with Crippen molar-refractivity contribution in [1.82, 2.24) is 15.1 Å². The molecule has 0 aliphatic carbocycles. The Labute approximate surface area is 156 Å². The third kappa shape index (κ3) is 4.03. The van der Waals surface area contributed by atoms with Gasteiger partial charge in [0.2, 0.25) is 5.91 Å². The minimum atomic E-state index is -0.132. The van der Waals surface area contributed by atoms with Gasteiger partial charge in [0.15, 0.2) is 0 Å². The highest BCUT2D eigenvalue weighted by molar-refractivity contribution is 7.12. The van der Waals surface area contributed by atoms with Crippen LogP contribution in [0, 0.1) is 0 Å². The summed E-state index contributed by atoms with van der Waals surface area (Å²) in [7, 11) is 1.66. The number of carbonyl (C=O) groups excluding carboxylic acids is 2. The van der Waals surface area contributed by atoms with Crippen molar-refractivity contribution in [2.75, 3.05) is 33.2 Å². The number of halogens is 1. The Kier molecular flexibility index (Phi) is 5.73. The second-order valence-corrected chi connectivity index (χ2v) is 7.32. The lowest BCUT2D eigenvalue weighted by Gasteiger charge is -2.37. The van der Waals surface area contributed by atoms with Gasteiger partial charge < -0.3 is 15.1 Å². The molecule has 1 aromatic heterocycles. The van der Waals surface area contributed by atoms with E-state index >= 15 is 0 Å². The maximum absolute atomic E-state index is 12.8. The number of amides is 2. The number of nitrogens with zero attached hydrogens (tertiary/aromatic N) is 2. The molecule has 1 N–H and O–H groups in total. The lowest BCUT2D eigenvalue weighted by atomic mass is 10.0. The van der Waals surface area contributed by atoms with E-state index in [0.717, 1.165) is 12.1 Å². The number of likely N-dealkylation sites (N-methyl/N-ethyl adjacent to an activating group) is 1. The molecule has 0 radical (unpaired) electrons. The number of carbonyl (C=O) groups is 2. The molecule has 1 atom stereocenters. The average molecular weight is 378 g/mol. The first-order chi connectivity index (χ1) is 12.1. The topological polar surface area (TPSA) is 52.7 Å². The lowest BCUT2D eigenvalue weighted by Crippen LogP contribution is -2.51. The zero-order valence-corrected chi connectivity index (χ0v) is 15.5. The largest absolute Gasteiger partial charge is 0.332 e. The van der Waals surface area contributed by atoms with Crippen LogP contribution in [0.25, 0.3) is 0 Å². The summed E-state index contributed by atoms with van der Waals surface area (Å²) in [5, 5.41) is 5.82. The van der Waals surface area contributed by atoms with Crippen LogP contribution in [0.2, 0.25) is 5.02 Å². The van der Waals surface area contributed by atoms with E-state index in [1.165, 1.54) is 16.2 Å². The fraction of sp³-hybridized carbons (Fsp3) is 0.333. The van der Waals surface area contributed by atoms with E-state index in [0.29, 0.717) is 23.0 Å². The third-order valence-corrected chi connectivity index (χ3v) is 5.48. The molecule has 1 fully saturated rings. The number of thiophene rings is 1. The van der Waals surface area contributed by atoms with E-state index in [9.17, 15) is 9.59 Å². The Morgan fingerprint density at radius 3 is 2.84 bits per heavy atom. The van der Waals surface area contributed by atoms with E-state index in [2.05, 4.69) is 5.32 Å². The molecule has 132 valence electrons. The quantitative estimate of drug-likeness (QED) is 0.891. The number of rotatable bonds is 4. The smallest absolute Gasteiger partial charge is 0.264 e. The number of nitrogens with one attached hydrogen (secondary N) is 1. The molecule has 0 spiro atoms. The van der Waals surface area contributed by atoms with Crippen LogP contribution in [-0.4, -0.2) is 54.8 Å². The van der Waals surface area contributed by atoms with Gasteiger partial charge >= 0.3 is 0 Å². The molecule has 5 nitrogen and oxygen atoms in total. The molecule has 2 heterocycles. The van der Waals surface area contributed by atoms with Crippen molar-refractivity contribution in [2.45, 2.75) is 6.04 Å². The van der Waals surface area contributed by atoms with Gasteiger partial charge in [0.05, 0.1) is 17.5 Å². The molecule has 7 heteroatoms. The molecule has 25 heavy (non-hydrogen) atoms. The Morgan fingerprint density at radius 2 is 2.12 bits per heavy atom. The van der Waals surface area contributed by atoms with Crippen molar-refractivity contribution in [2.24, 2.45) is 0 Å². The predicted octanol–water partition coefficient (Wildman–Crippen LogP) is 2.65. The van der Waals surface area contributed by atoms with Crippen LogP contribution >= 0.6 is 22.9 Å². The summed E-state index contributed by atoms with van der Waals surface area (Å²) >= 11 is 7.70. The number of piperazine rings is 1. The third-order valence-electron chi connectivity index (χ3n) is 4.28. The van der Waals surface area contributed by atoms with Crippen molar-refractivity contribution in [1.29, 1.82) is 0 Å². The average Bonchev–Trinajstić information content (AvgIpc) is 3.16. The maximum Gasteiger partial charge on any atom is 0.264 e. The van der Waals surface area contributed by atoms with Gasteiger partial charge in [-0.15, -0.1) is 11.3 Å². The Hall–Kier alpha value is -1.89. The second-order valence-electron chi connectivity index (χ2n) is 5.97. The monoisotopic (exact) mass is 377 g/mol. The molecule has 2 amide bonds. The zero-order valence-electron chi connectivity index (χ0n) is 13.9. The predicted molar refractivity (Wildman–Crippen MR) is 100 cm³/mol. The first-order valence-electron chi connectivity index (χ1n) is 8.11. The van der Waals surface area contributed by atoms with Crippen molar-refractivity contribution >= 4 is 34.8 Å². The molecule has 1 aliphatic heterocycles. The molecule has 1 saturated heterocycles. The molecule has 0 saturated carbocycles. The standard InChI is InChI=1S/C18H20ClN3O2S/c1-21(18(24)16-7-4-10-25-16)12-17(23)22-9-8-20-11-15(22)13-5-2-3-6-14(13)19/h2-7,10,15,20H,8-9,11-12H2,1H3. The number of benzene rings is 1. The normalized spacial score (nSPS) is 17.4. The molecular formula is C18H20ClN3O2S. The molecule has 3 rings (SSSR count). The van der Waals surface area contributed by atoms with E-state index in [1.807, 2.05) is 40.6 Å². The van der Waals surface area contributed by atoms with Gasteiger partial charge in [-0.05, 0) is 23.1 Å². The second kappa shape index (κ2) is 7.99. The highest BCUT2D eigenvalue weighted by Crippen LogP contribution is 2.28. The van der Waals surface area contributed by atoms with E-state index < -0.39 is 0 Å². The highest BCUT2D eigenvalue weighted by Gasteiger charge is 2.30. The number of hydrogen-bond acceptors (Lipinski definition) is 4. The first kappa shape index (κ1) is 17.9. The molecule has 0 bridgehead atoms. The summed E-state index contributed by atoms with van der Waals surface area (Å²) in [4.78, 5) is 29.1. The molecule has 1 unspecified atom stereocenters. The Bertz CT molecular complexity index is 751. The van der Waals surface area contributed by atoms with Crippen LogP contribution in [-0.2, 0) is 4.79 Å². The maximum atomic E-state index is 12.8. The molecule has 1 aliphatic rings. The minimum absolute atomic E-state index is 0.0533. The lowest BCUT2D eigenvalue weighted by molar-refractivity contribution is -0.135. The van der Waals surface area contributed by atoms with Crippen LogP contribution in [0.4, 0.5) is 0 Å². The minimum Gasteiger partial charge on any atom is -0.332 e. The van der Waals surface area contributed by atoms with Gasteiger partial charge in [0.25, 0.3) is 5.91 Å². The summed E-state index contributed by atoms with van der Waals surface area (Å²) in [5.74, 6) is -0.202. The molecular weight excluding hydrogens is 358 g/mol. The van der Waals surface area contributed by atoms with E-state index in [1.54, 1.807) is 13.1 Å². The molecule has 2 aromatic rings. The summed E-state index contributed by atoms with van der Waals surface area (Å²) in [6.07, 6.45) is 0. The highest BCUT2D eigenvalue weighted by atomic mass is 35.5. The van der Waals surface area contributed by atoms with Crippen LogP contribution in [0.5, 0.6) is 0 Å². The fourth-order valence-electron chi connectivity index (χ4n) is 2.98. The van der Waals surface area contributed by atoms with Gasteiger partial charge in [0.1, 0.15) is 0 Å². The summed E-state index contributed by atoms with van der Waals surface area (Å²) in [6, 6.07) is 11.1. The van der Waals surface area contributed by atoms with Crippen LogP contribution in [0.3, 0.4) is 0 Å². The molecule has 1 aromatic carbocycles. The summed E-state index contributed by atoms with van der Waals surface area (Å²) in [6.45, 7) is 2.03. The number of hydrogen-bond donors (Lipinski definition) is 1. The van der Waals surface area contributed by atoms with Gasteiger partial charge in [-0.3, -0.25) is 9.59 Å². The van der Waals surface area contributed by atoms with E-state index in [-0.39, 0.29) is 24.4 Å². The Morgan fingerprint density at radius 1 is 1.32 bits per heavy atom. The van der Waals surface area contributed by atoms with Crippen LogP contribution in [0.15, 0.2) is 41.8 Å². The van der Waals surface area contributed by atoms with Gasteiger partial charge in [-0.25, -0.2) is 0 Å². The Balaban J connectivity index is 1.73. The SMILES string of the molecule is CN(CC(=O)N1CCNCC1c1ccccc1Cl)C(=O)c1cccs1. The zero-order chi connectivity index (χ0) is 17.8. The van der Waals surface area contributed by atoms with Crippen molar-refractivity contribution in [3.8, 4) is 0 Å².